The monoisotopic (exact) mass is 271 g/mol. The lowest BCUT2D eigenvalue weighted by atomic mass is 10.1. The molecule has 0 atom stereocenters. The molecule has 2 N–H and O–H groups in total. The molecule has 2 aromatic heterocycles. The average molecular weight is 271 g/mol. The predicted octanol–water partition coefficient (Wildman–Crippen LogP) is 2.89. The van der Waals surface area contributed by atoms with Crippen molar-refractivity contribution in [3.63, 3.8) is 0 Å². The SMILES string of the molecule is Nc1cccc(Cc2nc(Cc3cccs3)no2)c1. The van der Waals surface area contributed by atoms with Gasteiger partial charge in [0.25, 0.3) is 0 Å². The molecule has 19 heavy (non-hydrogen) atoms. The number of nitrogens with zero attached hydrogens (tertiary/aromatic N) is 2. The standard InChI is InChI=1S/C14H13N3OS/c15-11-4-1-3-10(7-11)8-14-16-13(17-18-14)9-12-5-2-6-19-12/h1-7H,8-9,15H2. The Kier molecular flexibility index (Phi) is 3.29. The number of nitrogen functional groups attached to an aromatic ring is 1. The Morgan fingerprint density at radius 3 is 2.89 bits per heavy atom. The highest BCUT2D eigenvalue weighted by atomic mass is 32.1. The Labute approximate surface area is 114 Å². The van der Waals surface area contributed by atoms with Crippen molar-refractivity contribution in [2.24, 2.45) is 0 Å². The molecule has 5 heteroatoms. The summed E-state index contributed by atoms with van der Waals surface area (Å²) >= 11 is 1.69. The molecule has 2 heterocycles. The summed E-state index contributed by atoms with van der Waals surface area (Å²) in [4.78, 5) is 5.63. The maximum Gasteiger partial charge on any atom is 0.231 e. The van der Waals surface area contributed by atoms with Gasteiger partial charge in [0.2, 0.25) is 5.89 Å². The summed E-state index contributed by atoms with van der Waals surface area (Å²) in [5.41, 5.74) is 7.56. The molecule has 0 amide bonds. The second-order valence-corrected chi connectivity index (χ2v) is 5.31. The molecule has 3 rings (SSSR count). The number of hydrogen-bond donors (Lipinski definition) is 1. The van der Waals surface area contributed by atoms with Gasteiger partial charge in [-0.25, -0.2) is 0 Å². The summed E-state index contributed by atoms with van der Waals surface area (Å²) in [6.45, 7) is 0. The molecule has 0 fully saturated rings. The van der Waals surface area contributed by atoms with Crippen molar-refractivity contribution in [2.45, 2.75) is 12.8 Å². The van der Waals surface area contributed by atoms with Crippen LogP contribution in [0.25, 0.3) is 0 Å². The molecule has 1 aromatic carbocycles. The first-order valence-corrected chi connectivity index (χ1v) is 6.86. The molecule has 0 bridgehead atoms. The van der Waals surface area contributed by atoms with E-state index in [1.807, 2.05) is 35.7 Å². The van der Waals surface area contributed by atoms with Crippen LogP contribution < -0.4 is 5.73 Å². The van der Waals surface area contributed by atoms with Gasteiger partial charge in [-0.1, -0.05) is 23.4 Å². The van der Waals surface area contributed by atoms with Gasteiger partial charge in [0.05, 0.1) is 6.42 Å². The van der Waals surface area contributed by atoms with Crippen LogP contribution in [0, 0.1) is 0 Å². The summed E-state index contributed by atoms with van der Waals surface area (Å²) in [7, 11) is 0. The van der Waals surface area contributed by atoms with Gasteiger partial charge in [-0.3, -0.25) is 0 Å². The largest absolute Gasteiger partial charge is 0.399 e. The van der Waals surface area contributed by atoms with Gasteiger partial charge < -0.3 is 10.3 Å². The van der Waals surface area contributed by atoms with E-state index in [0.29, 0.717) is 12.3 Å². The second kappa shape index (κ2) is 5.24. The fourth-order valence-electron chi connectivity index (χ4n) is 1.88. The van der Waals surface area contributed by atoms with Crippen molar-refractivity contribution in [2.75, 3.05) is 5.73 Å². The van der Waals surface area contributed by atoms with Gasteiger partial charge in [0, 0.05) is 17.0 Å². The van der Waals surface area contributed by atoms with E-state index in [4.69, 9.17) is 10.3 Å². The third-order valence-electron chi connectivity index (χ3n) is 2.73. The zero-order chi connectivity index (χ0) is 13.1. The smallest absolute Gasteiger partial charge is 0.231 e. The maximum atomic E-state index is 5.74. The van der Waals surface area contributed by atoms with Crippen molar-refractivity contribution in [3.8, 4) is 0 Å². The highest BCUT2D eigenvalue weighted by Gasteiger charge is 2.08. The molecule has 0 radical (unpaired) electrons. The lowest BCUT2D eigenvalue weighted by molar-refractivity contribution is 0.380. The van der Waals surface area contributed by atoms with Crippen LogP contribution >= 0.6 is 11.3 Å². The van der Waals surface area contributed by atoms with Gasteiger partial charge in [-0.2, -0.15) is 4.98 Å². The van der Waals surface area contributed by atoms with Crippen LogP contribution in [-0.2, 0) is 12.8 Å². The zero-order valence-electron chi connectivity index (χ0n) is 10.2. The third kappa shape index (κ3) is 3.00. The molecule has 0 aliphatic heterocycles. The minimum Gasteiger partial charge on any atom is -0.399 e. The first-order chi connectivity index (χ1) is 9.29. The molecule has 0 saturated carbocycles. The Bertz CT molecular complexity index is 661. The number of thiophene rings is 1. The molecule has 0 saturated heterocycles. The molecule has 0 aliphatic rings. The Morgan fingerprint density at radius 2 is 2.11 bits per heavy atom. The number of hydrogen-bond acceptors (Lipinski definition) is 5. The number of aromatic nitrogens is 2. The molecule has 4 nitrogen and oxygen atoms in total. The quantitative estimate of drug-likeness (QED) is 0.741. The molecule has 0 unspecified atom stereocenters. The Hall–Kier alpha value is -2.14. The van der Waals surface area contributed by atoms with Crippen molar-refractivity contribution in [1.29, 1.82) is 0 Å². The van der Waals surface area contributed by atoms with E-state index in [1.165, 1.54) is 4.88 Å². The fourth-order valence-corrected chi connectivity index (χ4v) is 2.58. The number of anilines is 1. The molecule has 0 spiro atoms. The number of rotatable bonds is 4. The normalized spacial score (nSPS) is 10.7. The minimum atomic E-state index is 0.614. The predicted molar refractivity (Wildman–Crippen MR) is 75.1 cm³/mol. The molecular weight excluding hydrogens is 258 g/mol. The summed E-state index contributed by atoms with van der Waals surface area (Å²) in [6, 6.07) is 11.8. The van der Waals surface area contributed by atoms with E-state index in [-0.39, 0.29) is 0 Å². The van der Waals surface area contributed by atoms with Crippen LogP contribution in [-0.4, -0.2) is 10.1 Å². The van der Waals surface area contributed by atoms with E-state index in [0.717, 1.165) is 23.5 Å². The number of benzene rings is 1. The van der Waals surface area contributed by atoms with Crippen molar-refractivity contribution in [3.05, 3.63) is 63.9 Å². The lowest BCUT2D eigenvalue weighted by Gasteiger charge is -1.97. The summed E-state index contributed by atoms with van der Waals surface area (Å²) < 4.78 is 5.26. The summed E-state index contributed by atoms with van der Waals surface area (Å²) in [5.74, 6) is 1.35. The average Bonchev–Trinajstić information content (AvgIpc) is 3.02. The first-order valence-electron chi connectivity index (χ1n) is 5.98. The minimum absolute atomic E-state index is 0.614. The topological polar surface area (TPSA) is 64.9 Å². The van der Waals surface area contributed by atoms with Crippen molar-refractivity contribution < 1.29 is 4.52 Å². The van der Waals surface area contributed by atoms with Crippen LogP contribution in [0.2, 0.25) is 0 Å². The maximum absolute atomic E-state index is 5.74. The van der Waals surface area contributed by atoms with E-state index in [2.05, 4.69) is 16.2 Å². The zero-order valence-corrected chi connectivity index (χ0v) is 11.1. The first kappa shape index (κ1) is 11.9. The van der Waals surface area contributed by atoms with E-state index in [9.17, 15) is 0 Å². The molecule has 3 aromatic rings. The highest BCUT2D eigenvalue weighted by Crippen LogP contribution is 2.15. The van der Waals surface area contributed by atoms with Gasteiger partial charge in [-0.15, -0.1) is 11.3 Å². The van der Waals surface area contributed by atoms with Crippen molar-refractivity contribution in [1.82, 2.24) is 10.1 Å². The van der Waals surface area contributed by atoms with Gasteiger partial charge in [0.15, 0.2) is 5.82 Å². The number of nitrogens with two attached hydrogens (primary N) is 1. The van der Waals surface area contributed by atoms with Crippen LogP contribution in [0.4, 0.5) is 5.69 Å². The Morgan fingerprint density at radius 1 is 1.16 bits per heavy atom. The van der Waals surface area contributed by atoms with Crippen LogP contribution in [0.5, 0.6) is 0 Å². The second-order valence-electron chi connectivity index (χ2n) is 4.28. The van der Waals surface area contributed by atoms with Gasteiger partial charge in [0.1, 0.15) is 0 Å². The molecule has 96 valence electrons. The third-order valence-corrected chi connectivity index (χ3v) is 3.61. The van der Waals surface area contributed by atoms with Crippen LogP contribution in [0.1, 0.15) is 22.2 Å². The van der Waals surface area contributed by atoms with Crippen LogP contribution in [0.3, 0.4) is 0 Å². The van der Waals surface area contributed by atoms with E-state index < -0.39 is 0 Å². The van der Waals surface area contributed by atoms with E-state index in [1.54, 1.807) is 11.3 Å². The van der Waals surface area contributed by atoms with E-state index >= 15 is 0 Å². The van der Waals surface area contributed by atoms with Crippen molar-refractivity contribution >= 4 is 17.0 Å². The summed E-state index contributed by atoms with van der Waals surface area (Å²) in [5, 5.41) is 6.04. The fraction of sp³-hybridized carbons (Fsp3) is 0.143. The summed E-state index contributed by atoms with van der Waals surface area (Å²) in [6.07, 6.45) is 1.33. The molecular formula is C14H13N3OS. The lowest BCUT2D eigenvalue weighted by Crippen LogP contribution is -1.92. The van der Waals surface area contributed by atoms with Crippen LogP contribution in [0.15, 0.2) is 46.3 Å². The van der Waals surface area contributed by atoms with Gasteiger partial charge >= 0.3 is 0 Å². The Balaban J connectivity index is 1.71. The highest BCUT2D eigenvalue weighted by molar-refractivity contribution is 7.09. The molecule has 0 aliphatic carbocycles. The van der Waals surface area contributed by atoms with Gasteiger partial charge in [-0.05, 0) is 29.1 Å².